The molecule has 0 radical (unpaired) electrons. The molecule has 2 saturated heterocycles. The van der Waals surface area contributed by atoms with E-state index in [0.29, 0.717) is 45.7 Å². The van der Waals surface area contributed by atoms with Crippen LogP contribution in [0.25, 0.3) is 0 Å². The molecule has 8 heteroatoms. The van der Waals surface area contributed by atoms with E-state index in [-0.39, 0.29) is 5.91 Å². The number of hydrogen-bond donors (Lipinski definition) is 0. The molecule has 136 valence electrons. The van der Waals surface area contributed by atoms with Crippen LogP contribution < -0.4 is 4.74 Å². The lowest BCUT2D eigenvalue weighted by molar-refractivity contribution is -0.139. The quantitative estimate of drug-likeness (QED) is 0.781. The Morgan fingerprint density at radius 2 is 1.60 bits per heavy atom. The molecule has 0 unspecified atom stereocenters. The van der Waals surface area contributed by atoms with Crippen LogP contribution in [-0.4, -0.2) is 73.2 Å². The van der Waals surface area contributed by atoms with Crippen LogP contribution >= 0.6 is 0 Å². The maximum Gasteiger partial charge on any atom is 0.282 e. The summed E-state index contributed by atoms with van der Waals surface area (Å²) < 4.78 is 34.0. The zero-order chi connectivity index (χ0) is 17.4. The Hall–Kier alpha value is -1.64. The largest absolute Gasteiger partial charge is 0.480 e. The highest BCUT2D eigenvalue weighted by Crippen LogP contribution is 2.29. The molecule has 3 aliphatic heterocycles. The molecule has 1 aromatic rings. The third-order valence-electron chi connectivity index (χ3n) is 5.19. The number of para-hydroxylation sites is 1. The van der Waals surface area contributed by atoms with Crippen LogP contribution in [0.15, 0.2) is 24.3 Å². The van der Waals surface area contributed by atoms with E-state index >= 15 is 0 Å². The molecule has 0 spiro atoms. The third kappa shape index (κ3) is 3.14. The summed E-state index contributed by atoms with van der Waals surface area (Å²) in [5.41, 5.74) is 1.05. The van der Waals surface area contributed by atoms with Gasteiger partial charge in [0.1, 0.15) is 5.75 Å². The van der Waals surface area contributed by atoms with Crippen molar-refractivity contribution in [3.63, 3.8) is 0 Å². The number of ether oxygens (including phenoxy) is 1. The van der Waals surface area contributed by atoms with Crippen molar-refractivity contribution in [1.82, 2.24) is 13.5 Å². The first kappa shape index (κ1) is 16.8. The minimum Gasteiger partial charge on any atom is -0.480 e. The van der Waals surface area contributed by atoms with Crippen molar-refractivity contribution in [2.24, 2.45) is 0 Å². The number of carbonyl (C=O) groups excluding carboxylic acids is 1. The topological polar surface area (TPSA) is 70.2 Å². The summed E-state index contributed by atoms with van der Waals surface area (Å²) in [6.07, 6.45) is 1.95. The van der Waals surface area contributed by atoms with Crippen LogP contribution in [0.3, 0.4) is 0 Å². The van der Waals surface area contributed by atoms with Crippen molar-refractivity contribution >= 4 is 16.1 Å². The fourth-order valence-electron chi connectivity index (χ4n) is 3.74. The predicted octanol–water partition coefficient (Wildman–Crippen LogP) is 0.475. The van der Waals surface area contributed by atoms with Crippen LogP contribution in [0.4, 0.5) is 0 Å². The van der Waals surface area contributed by atoms with Crippen molar-refractivity contribution in [2.45, 2.75) is 25.4 Å². The van der Waals surface area contributed by atoms with Gasteiger partial charge in [-0.15, -0.1) is 0 Å². The molecule has 1 amide bonds. The van der Waals surface area contributed by atoms with Gasteiger partial charge in [-0.25, -0.2) is 0 Å². The van der Waals surface area contributed by atoms with E-state index in [2.05, 4.69) is 0 Å². The van der Waals surface area contributed by atoms with Gasteiger partial charge in [-0.2, -0.15) is 17.0 Å². The Morgan fingerprint density at radius 3 is 2.28 bits per heavy atom. The molecule has 1 aromatic carbocycles. The highest BCUT2D eigenvalue weighted by atomic mass is 32.2. The van der Waals surface area contributed by atoms with E-state index in [4.69, 9.17) is 4.74 Å². The summed E-state index contributed by atoms with van der Waals surface area (Å²) in [5.74, 6) is 0.727. The van der Waals surface area contributed by atoms with E-state index in [1.54, 1.807) is 9.21 Å². The molecular weight excluding hydrogens is 342 g/mol. The molecule has 0 aromatic heterocycles. The standard InChI is InChI=1S/C17H23N3O4S/c21-17(16-13-14-5-1-2-6-15(14)24-16)18-9-11-20(12-10-18)25(22,23)19-7-3-4-8-19/h1-2,5-6,16H,3-4,7-13H2/t16-/m1/s1. The SMILES string of the molecule is O=C([C@H]1Cc2ccccc2O1)N1CCN(S(=O)(=O)N2CCCC2)CC1. The first-order valence-corrected chi connectivity index (χ1v) is 10.2. The van der Waals surface area contributed by atoms with Crippen LogP contribution in [0.5, 0.6) is 5.75 Å². The van der Waals surface area contributed by atoms with E-state index in [1.165, 1.54) is 4.31 Å². The van der Waals surface area contributed by atoms with Gasteiger partial charge in [-0.1, -0.05) is 18.2 Å². The molecular formula is C17H23N3O4S. The van der Waals surface area contributed by atoms with Crippen LogP contribution in [0.1, 0.15) is 18.4 Å². The van der Waals surface area contributed by atoms with Crippen molar-refractivity contribution in [1.29, 1.82) is 0 Å². The second-order valence-corrected chi connectivity index (χ2v) is 8.69. The lowest BCUT2D eigenvalue weighted by Crippen LogP contribution is -2.55. The Morgan fingerprint density at radius 1 is 0.960 bits per heavy atom. The monoisotopic (exact) mass is 365 g/mol. The Labute approximate surface area is 148 Å². The van der Waals surface area contributed by atoms with Crippen molar-refractivity contribution < 1.29 is 17.9 Å². The summed E-state index contributed by atoms with van der Waals surface area (Å²) >= 11 is 0. The van der Waals surface area contributed by atoms with E-state index in [1.807, 2.05) is 24.3 Å². The number of carbonyl (C=O) groups is 1. The molecule has 3 heterocycles. The number of amides is 1. The van der Waals surface area contributed by atoms with Gasteiger partial charge in [0.15, 0.2) is 6.10 Å². The molecule has 0 aliphatic carbocycles. The number of benzene rings is 1. The summed E-state index contributed by atoms with van der Waals surface area (Å²) in [7, 11) is -3.38. The average molecular weight is 365 g/mol. The van der Waals surface area contributed by atoms with Gasteiger partial charge in [-0.3, -0.25) is 4.79 Å². The molecule has 4 rings (SSSR count). The predicted molar refractivity (Wildman–Crippen MR) is 92.4 cm³/mol. The molecule has 3 aliphatic rings. The highest BCUT2D eigenvalue weighted by molar-refractivity contribution is 7.86. The Bertz CT molecular complexity index is 728. The number of piperazine rings is 1. The molecule has 7 nitrogen and oxygen atoms in total. The number of hydrogen-bond acceptors (Lipinski definition) is 4. The van der Waals surface area contributed by atoms with Crippen molar-refractivity contribution in [3.05, 3.63) is 29.8 Å². The molecule has 25 heavy (non-hydrogen) atoms. The minimum atomic E-state index is -3.38. The van der Waals surface area contributed by atoms with Crippen LogP contribution in [0, 0.1) is 0 Å². The zero-order valence-electron chi connectivity index (χ0n) is 14.1. The maximum atomic E-state index is 12.7. The number of rotatable bonds is 3. The Kier molecular flexibility index (Phi) is 4.43. The van der Waals surface area contributed by atoms with Gasteiger partial charge in [-0.05, 0) is 24.5 Å². The van der Waals surface area contributed by atoms with Gasteiger partial charge < -0.3 is 9.64 Å². The van der Waals surface area contributed by atoms with E-state index in [9.17, 15) is 13.2 Å². The lowest BCUT2D eigenvalue weighted by Gasteiger charge is -2.36. The normalized spacial score (nSPS) is 25.0. The van der Waals surface area contributed by atoms with E-state index < -0.39 is 16.3 Å². The first-order chi connectivity index (χ1) is 12.1. The third-order valence-corrected chi connectivity index (χ3v) is 7.23. The van der Waals surface area contributed by atoms with Gasteiger partial charge >= 0.3 is 0 Å². The number of fused-ring (bicyclic) bond motifs is 1. The van der Waals surface area contributed by atoms with Crippen LogP contribution in [0.2, 0.25) is 0 Å². The molecule has 2 fully saturated rings. The Balaban J connectivity index is 1.35. The fraction of sp³-hybridized carbons (Fsp3) is 0.588. The molecule has 1 atom stereocenters. The fourth-order valence-corrected chi connectivity index (χ4v) is 5.42. The second kappa shape index (κ2) is 6.59. The maximum absolute atomic E-state index is 12.7. The van der Waals surface area contributed by atoms with Crippen LogP contribution in [-0.2, 0) is 21.4 Å². The first-order valence-electron chi connectivity index (χ1n) is 8.84. The second-order valence-electron chi connectivity index (χ2n) is 6.76. The van der Waals surface area contributed by atoms with E-state index in [0.717, 1.165) is 24.2 Å². The minimum absolute atomic E-state index is 0.0468. The van der Waals surface area contributed by atoms with Crippen molar-refractivity contribution in [2.75, 3.05) is 39.3 Å². The summed E-state index contributed by atoms with van der Waals surface area (Å²) in [5, 5.41) is 0. The molecule has 0 saturated carbocycles. The lowest BCUT2D eigenvalue weighted by atomic mass is 10.1. The highest BCUT2D eigenvalue weighted by Gasteiger charge is 2.37. The van der Waals surface area contributed by atoms with Crippen molar-refractivity contribution in [3.8, 4) is 5.75 Å². The average Bonchev–Trinajstić information content (AvgIpc) is 3.31. The van der Waals surface area contributed by atoms with Gasteiger partial charge in [0.25, 0.3) is 16.1 Å². The smallest absolute Gasteiger partial charge is 0.282 e. The summed E-state index contributed by atoms with van der Waals surface area (Å²) in [6, 6.07) is 7.69. The van der Waals surface area contributed by atoms with Gasteiger partial charge in [0.2, 0.25) is 0 Å². The zero-order valence-corrected chi connectivity index (χ0v) is 15.0. The summed E-state index contributed by atoms with van der Waals surface area (Å²) in [6.45, 7) is 2.75. The van der Waals surface area contributed by atoms with Gasteiger partial charge in [0, 0.05) is 45.7 Å². The van der Waals surface area contributed by atoms with Gasteiger partial charge in [0.05, 0.1) is 0 Å². The molecule has 0 N–H and O–H groups in total. The number of nitrogens with zero attached hydrogens (tertiary/aromatic N) is 3. The summed E-state index contributed by atoms with van der Waals surface area (Å²) in [4.78, 5) is 14.4. The molecule has 0 bridgehead atoms.